The van der Waals surface area contributed by atoms with E-state index in [0.29, 0.717) is 11.6 Å². The predicted octanol–water partition coefficient (Wildman–Crippen LogP) is 0.928. The molecule has 0 spiro atoms. The van der Waals surface area contributed by atoms with Crippen LogP contribution in [0.15, 0.2) is 11.6 Å². The number of hydrogen-bond donors (Lipinski definition) is 0. The summed E-state index contributed by atoms with van der Waals surface area (Å²) >= 11 is 0. The summed E-state index contributed by atoms with van der Waals surface area (Å²) in [6.45, 7) is 3.95. The maximum atomic E-state index is 11.9. The standard InChI is InChI=1S/C13H18N2O2/c1-9-7-12(16)15(13(9)17)11-4-6-14-5-2-3-10(14)8-11/h7,10-11H,2-6,8H2,1H3. The first-order valence-corrected chi connectivity index (χ1v) is 6.46. The minimum atomic E-state index is -0.107. The number of nitrogens with zero attached hydrogens (tertiary/aromatic N) is 2. The van der Waals surface area contributed by atoms with Crippen LogP contribution in [0.5, 0.6) is 0 Å². The van der Waals surface area contributed by atoms with Crippen LogP contribution in [0.2, 0.25) is 0 Å². The Bertz CT molecular complexity index is 402. The van der Waals surface area contributed by atoms with Crippen molar-refractivity contribution in [2.24, 2.45) is 0 Å². The summed E-state index contributed by atoms with van der Waals surface area (Å²) in [6, 6.07) is 0.721. The number of hydrogen-bond acceptors (Lipinski definition) is 3. The molecule has 0 aliphatic carbocycles. The third-order valence-corrected chi connectivity index (χ3v) is 4.29. The summed E-state index contributed by atoms with van der Waals surface area (Å²) in [5, 5.41) is 0. The Labute approximate surface area is 101 Å². The van der Waals surface area contributed by atoms with Gasteiger partial charge in [-0.25, -0.2) is 0 Å². The molecule has 92 valence electrons. The number of piperidine rings is 1. The van der Waals surface area contributed by atoms with Gasteiger partial charge in [-0.05, 0) is 39.2 Å². The van der Waals surface area contributed by atoms with E-state index in [0.717, 1.165) is 19.4 Å². The van der Waals surface area contributed by atoms with E-state index >= 15 is 0 Å². The second kappa shape index (κ2) is 3.95. The van der Waals surface area contributed by atoms with Gasteiger partial charge in [0.1, 0.15) is 0 Å². The molecule has 2 unspecified atom stereocenters. The Morgan fingerprint density at radius 3 is 2.71 bits per heavy atom. The maximum absolute atomic E-state index is 11.9. The van der Waals surface area contributed by atoms with Crippen molar-refractivity contribution in [1.82, 2.24) is 9.80 Å². The molecule has 0 aromatic carbocycles. The van der Waals surface area contributed by atoms with Crippen molar-refractivity contribution in [3.05, 3.63) is 11.6 Å². The Balaban J connectivity index is 1.74. The van der Waals surface area contributed by atoms with Crippen LogP contribution in [0.1, 0.15) is 32.6 Å². The van der Waals surface area contributed by atoms with Gasteiger partial charge in [-0.2, -0.15) is 0 Å². The van der Waals surface area contributed by atoms with Gasteiger partial charge in [0.25, 0.3) is 11.8 Å². The number of amides is 2. The molecule has 2 saturated heterocycles. The Kier molecular flexibility index (Phi) is 2.54. The van der Waals surface area contributed by atoms with Crippen LogP contribution in [-0.2, 0) is 9.59 Å². The Hall–Kier alpha value is -1.16. The molecule has 0 aromatic rings. The van der Waals surface area contributed by atoms with Crippen LogP contribution >= 0.6 is 0 Å². The zero-order valence-electron chi connectivity index (χ0n) is 10.2. The second-order valence-electron chi connectivity index (χ2n) is 5.35. The van der Waals surface area contributed by atoms with E-state index in [9.17, 15) is 9.59 Å². The lowest BCUT2D eigenvalue weighted by Crippen LogP contribution is -2.49. The summed E-state index contributed by atoms with van der Waals surface area (Å²) in [6.07, 6.45) is 5.87. The van der Waals surface area contributed by atoms with Gasteiger partial charge in [-0.3, -0.25) is 14.5 Å². The van der Waals surface area contributed by atoms with Gasteiger partial charge in [-0.15, -0.1) is 0 Å². The first kappa shape index (κ1) is 11.0. The Morgan fingerprint density at radius 2 is 2.00 bits per heavy atom. The average Bonchev–Trinajstić information content (AvgIpc) is 2.84. The van der Waals surface area contributed by atoms with Gasteiger partial charge in [-0.1, -0.05) is 0 Å². The zero-order chi connectivity index (χ0) is 12.0. The van der Waals surface area contributed by atoms with E-state index in [4.69, 9.17) is 0 Å². The molecule has 2 fully saturated rings. The van der Waals surface area contributed by atoms with Gasteiger partial charge in [0, 0.05) is 30.3 Å². The highest BCUT2D eigenvalue weighted by Gasteiger charge is 2.40. The van der Waals surface area contributed by atoms with Gasteiger partial charge in [0.15, 0.2) is 0 Å². The van der Waals surface area contributed by atoms with Gasteiger partial charge < -0.3 is 4.90 Å². The fourth-order valence-corrected chi connectivity index (χ4v) is 3.39. The molecule has 4 nitrogen and oxygen atoms in total. The molecule has 3 heterocycles. The molecule has 0 N–H and O–H groups in total. The molecule has 0 radical (unpaired) electrons. The molecule has 17 heavy (non-hydrogen) atoms. The maximum Gasteiger partial charge on any atom is 0.256 e. The van der Waals surface area contributed by atoms with Crippen LogP contribution in [0.25, 0.3) is 0 Å². The van der Waals surface area contributed by atoms with Crippen molar-refractivity contribution in [3.63, 3.8) is 0 Å². The largest absolute Gasteiger partial charge is 0.300 e. The van der Waals surface area contributed by atoms with Crippen molar-refractivity contribution in [2.45, 2.75) is 44.7 Å². The van der Waals surface area contributed by atoms with Gasteiger partial charge >= 0.3 is 0 Å². The smallest absolute Gasteiger partial charge is 0.256 e. The van der Waals surface area contributed by atoms with E-state index in [2.05, 4.69) is 4.90 Å². The molecule has 3 aliphatic rings. The topological polar surface area (TPSA) is 40.6 Å². The first-order chi connectivity index (χ1) is 8.16. The molecule has 3 rings (SSSR count). The molecule has 4 heteroatoms. The average molecular weight is 234 g/mol. The third-order valence-electron chi connectivity index (χ3n) is 4.29. The van der Waals surface area contributed by atoms with Crippen LogP contribution in [-0.4, -0.2) is 46.8 Å². The van der Waals surface area contributed by atoms with Crippen molar-refractivity contribution in [1.29, 1.82) is 0 Å². The van der Waals surface area contributed by atoms with Gasteiger partial charge in [0.2, 0.25) is 0 Å². The third kappa shape index (κ3) is 1.71. The zero-order valence-corrected chi connectivity index (χ0v) is 10.2. The summed E-state index contributed by atoms with van der Waals surface area (Å²) in [7, 11) is 0. The summed E-state index contributed by atoms with van der Waals surface area (Å²) < 4.78 is 0. The van der Waals surface area contributed by atoms with Crippen LogP contribution < -0.4 is 0 Å². The van der Waals surface area contributed by atoms with Crippen molar-refractivity contribution in [3.8, 4) is 0 Å². The minimum absolute atomic E-state index is 0.0774. The fourth-order valence-electron chi connectivity index (χ4n) is 3.39. The quantitative estimate of drug-likeness (QED) is 0.634. The number of carbonyl (C=O) groups excluding carboxylic acids is 2. The van der Waals surface area contributed by atoms with E-state index in [1.165, 1.54) is 30.4 Å². The lowest BCUT2D eigenvalue weighted by atomic mass is 9.96. The number of carbonyl (C=O) groups is 2. The number of rotatable bonds is 1. The van der Waals surface area contributed by atoms with Gasteiger partial charge in [0.05, 0.1) is 0 Å². The van der Waals surface area contributed by atoms with Crippen molar-refractivity contribution in [2.75, 3.05) is 13.1 Å². The number of imide groups is 1. The highest BCUT2D eigenvalue weighted by Crippen LogP contribution is 2.31. The van der Waals surface area contributed by atoms with E-state index in [-0.39, 0.29) is 17.9 Å². The second-order valence-corrected chi connectivity index (χ2v) is 5.35. The highest BCUT2D eigenvalue weighted by molar-refractivity contribution is 6.16. The summed E-state index contributed by atoms with van der Waals surface area (Å²) in [4.78, 5) is 27.7. The lowest BCUT2D eigenvalue weighted by molar-refractivity contribution is -0.141. The first-order valence-electron chi connectivity index (χ1n) is 6.46. The van der Waals surface area contributed by atoms with E-state index in [1.807, 2.05) is 0 Å². The summed E-state index contributed by atoms with van der Waals surface area (Å²) in [5.74, 6) is -0.185. The Morgan fingerprint density at radius 1 is 1.18 bits per heavy atom. The van der Waals surface area contributed by atoms with E-state index < -0.39 is 0 Å². The molecular formula is C13H18N2O2. The highest BCUT2D eigenvalue weighted by atomic mass is 16.2. The SMILES string of the molecule is CC1=CC(=O)N(C2CCN3CCCC3C2)C1=O. The molecule has 2 amide bonds. The lowest BCUT2D eigenvalue weighted by Gasteiger charge is -2.38. The molecule has 0 bridgehead atoms. The van der Waals surface area contributed by atoms with Crippen LogP contribution in [0, 0.1) is 0 Å². The minimum Gasteiger partial charge on any atom is -0.300 e. The molecule has 2 atom stereocenters. The molecule has 0 saturated carbocycles. The predicted molar refractivity (Wildman–Crippen MR) is 63.2 cm³/mol. The fraction of sp³-hybridized carbons (Fsp3) is 0.692. The molecular weight excluding hydrogens is 216 g/mol. The monoisotopic (exact) mass is 234 g/mol. The number of fused-ring (bicyclic) bond motifs is 1. The van der Waals surface area contributed by atoms with Crippen LogP contribution in [0.3, 0.4) is 0 Å². The molecule has 3 aliphatic heterocycles. The molecule has 0 aromatic heterocycles. The normalized spacial score (nSPS) is 34.2. The van der Waals surface area contributed by atoms with E-state index in [1.54, 1.807) is 6.92 Å². The van der Waals surface area contributed by atoms with Crippen LogP contribution in [0.4, 0.5) is 0 Å². The summed E-state index contributed by atoms with van der Waals surface area (Å²) in [5.41, 5.74) is 0.587. The van der Waals surface area contributed by atoms with Crippen molar-refractivity contribution >= 4 is 11.8 Å². The van der Waals surface area contributed by atoms with Crippen molar-refractivity contribution < 1.29 is 9.59 Å².